The predicted molar refractivity (Wildman–Crippen MR) is 41.4 cm³/mol. The summed E-state index contributed by atoms with van der Waals surface area (Å²) in [5.74, 6) is 2.32. The number of nitrogens with zero attached hydrogens (tertiary/aromatic N) is 2. The molecule has 0 aromatic rings. The minimum absolute atomic E-state index is 0.222. The van der Waals surface area contributed by atoms with Crippen molar-refractivity contribution in [1.29, 1.82) is 0 Å². The summed E-state index contributed by atoms with van der Waals surface area (Å²) in [6, 6.07) is 0.401. The van der Waals surface area contributed by atoms with Gasteiger partial charge in [-0.25, -0.2) is 0 Å². The van der Waals surface area contributed by atoms with Crippen LogP contribution in [0, 0.1) is 12.3 Å². The summed E-state index contributed by atoms with van der Waals surface area (Å²) in [6.07, 6.45) is 6.34. The second-order valence-corrected chi connectivity index (χ2v) is 1.94. The molecule has 0 bridgehead atoms. The topological polar surface area (TPSA) is 46.0 Å². The Morgan fingerprint density at radius 1 is 1.90 bits per heavy atom. The van der Waals surface area contributed by atoms with Crippen LogP contribution in [-0.2, 0) is 4.74 Å². The molecular weight excluding hydrogens is 150 g/mol. The third-order valence-electron chi connectivity index (χ3n) is 0.700. The molecule has 0 aromatic carbocycles. The van der Waals surface area contributed by atoms with E-state index in [0.717, 1.165) is 12.1 Å². The molecule has 1 rings (SSSR count). The molecule has 0 amide bonds. The molecule has 10 heavy (non-hydrogen) atoms. The fourth-order valence-electron chi connectivity index (χ4n) is 0.368. The number of rotatable bonds is 1. The average Bonchev–Trinajstić information content (AvgIpc) is 2.03. The zero-order valence-corrected chi connectivity index (χ0v) is 5.89. The fourth-order valence-corrected chi connectivity index (χ4v) is 0.705. The van der Waals surface area contributed by atoms with Crippen molar-refractivity contribution in [2.45, 2.75) is 0 Å². The van der Waals surface area contributed by atoms with Crippen LogP contribution in [0.15, 0.2) is 9.39 Å². The van der Waals surface area contributed by atoms with Crippen LogP contribution >= 0.6 is 12.1 Å². The quantitative estimate of drug-likeness (QED) is 0.434. The number of hydrogen-bond acceptors (Lipinski definition) is 5. The van der Waals surface area contributed by atoms with E-state index in [0.29, 0.717) is 6.02 Å². The van der Waals surface area contributed by atoms with E-state index in [2.05, 4.69) is 20.0 Å². The van der Waals surface area contributed by atoms with Crippen LogP contribution in [0.5, 0.6) is 0 Å². The first-order valence-corrected chi connectivity index (χ1v) is 3.29. The van der Waals surface area contributed by atoms with E-state index in [-0.39, 0.29) is 6.61 Å². The highest BCUT2D eigenvalue weighted by molar-refractivity contribution is 7.96. The monoisotopic (exact) mass is 155 g/mol. The van der Waals surface area contributed by atoms with Crippen molar-refractivity contribution >= 4 is 24.5 Å². The normalized spacial score (nSPS) is 14.9. The molecule has 1 N–H and O–H groups in total. The smallest absolute Gasteiger partial charge is 0.303 e. The number of hydrogen-bond donors (Lipinski definition) is 1. The molecular formula is C5H5N3OS. The number of nitrogens with one attached hydrogen (secondary N) is 1. The molecule has 1 aliphatic heterocycles. The summed E-state index contributed by atoms with van der Waals surface area (Å²) in [5.41, 5.74) is 0. The Balaban J connectivity index is 2.34. The summed E-state index contributed by atoms with van der Waals surface area (Å²) >= 11 is 1.15. The Kier molecular flexibility index (Phi) is 2.64. The summed E-state index contributed by atoms with van der Waals surface area (Å²) < 4.78 is 11.3. The first-order chi connectivity index (χ1) is 4.93. The first-order valence-electron chi connectivity index (χ1n) is 2.51. The van der Waals surface area contributed by atoms with Crippen molar-refractivity contribution in [2.24, 2.45) is 9.39 Å². The Labute approximate surface area is 63.0 Å². The average molecular weight is 155 g/mol. The van der Waals surface area contributed by atoms with E-state index in [1.807, 2.05) is 0 Å². The molecule has 0 atom stereocenters. The number of aliphatic imine (C=N–C) groups is 1. The van der Waals surface area contributed by atoms with Crippen LogP contribution in [0.25, 0.3) is 0 Å². The van der Waals surface area contributed by atoms with E-state index in [9.17, 15) is 0 Å². The molecule has 5 heteroatoms. The lowest BCUT2D eigenvalue weighted by atomic mass is 10.8. The van der Waals surface area contributed by atoms with Gasteiger partial charge in [0.1, 0.15) is 6.34 Å². The maximum absolute atomic E-state index is 4.95. The van der Waals surface area contributed by atoms with Crippen LogP contribution in [0.2, 0.25) is 0 Å². The number of ether oxygens (including phenoxy) is 1. The van der Waals surface area contributed by atoms with Crippen molar-refractivity contribution in [3.63, 3.8) is 0 Å². The van der Waals surface area contributed by atoms with Crippen molar-refractivity contribution < 1.29 is 4.74 Å². The van der Waals surface area contributed by atoms with E-state index in [4.69, 9.17) is 11.2 Å². The lowest BCUT2D eigenvalue weighted by Gasteiger charge is -2.06. The third-order valence-corrected chi connectivity index (χ3v) is 1.17. The Hall–Kier alpha value is -1.15. The van der Waals surface area contributed by atoms with E-state index < -0.39 is 0 Å². The van der Waals surface area contributed by atoms with Gasteiger partial charge >= 0.3 is 6.02 Å². The van der Waals surface area contributed by atoms with Crippen molar-refractivity contribution in [1.82, 2.24) is 4.72 Å². The van der Waals surface area contributed by atoms with Crippen molar-refractivity contribution in [2.75, 3.05) is 6.61 Å². The zero-order chi connectivity index (χ0) is 7.23. The molecule has 0 unspecified atom stereocenters. The molecule has 0 aliphatic carbocycles. The molecule has 52 valence electrons. The van der Waals surface area contributed by atoms with Gasteiger partial charge in [-0.05, 0) is 0 Å². The highest BCUT2D eigenvalue weighted by Gasteiger charge is 1.99. The maximum atomic E-state index is 4.95. The first kappa shape index (κ1) is 6.96. The summed E-state index contributed by atoms with van der Waals surface area (Å²) in [7, 11) is 0. The van der Waals surface area contributed by atoms with Gasteiger partial charge in [0.05, 0.1) is 12.1 Å². The van der Waals surface area contributed by atoms with Crippen LogP contribution in [0.3, 0.4) is 0 Å². The highest BCUT2D eigenvalue weighted by atomic mass is 32.2. The number of terminal acetylenes is 1. The van der Waals surface area contributed by atoms with Gasteiger partial charge in [-0.15, -0.1) is 6.42 Å². The lowest BCUT2D eigenvalue weighted by molar-refractivity contribution is 0.349. The second kappa shape index (κ2) is 3.80. The molecule has 0 fully saturated rings. The predicted octanol–water partition coefficient (Wildman–Crippen LogP) is 0.187. The Bertz CT molecular complexity index is 205. The largest absolute Gasteiger partial charge is 0.451 e. The van der Waals surface area contributed by atoms with Crippen LogP contribution in [0.4, 0.5) is 0 Å². The van der Waals surface area contributed by atoms with E-state index in [1.54, 1.807) is 0 Å². The third kappa shape index (κ3) is 1.99. The van der Waals surface area contributed by atoms with Gasteiger partial charge in [-0.3, -0.25) is 4.72 Å². The molecule has 4 nitrogen and oxygen atoms in total. The van der Waals surface area contributed by atoms with Gasteiger partial charge in [-0.1, -0.05) is 5.92 Å². The molecule has 0 saturated heterocycles. The Morgan fingerprint density at radius 3 is 3.40 bits per heavy atom. The molecule has 1 heterocycles. The van der Waals surface area contributed by atoms with Crippen molar-refractivity contribution in [3.8, 4) is 12.3 Å². The lowest BCUT2D eigenvalue weighted by Crippen LogP contribution is -2.21. The van der Waals surface area contributed by atoms with Gasteiger partial charge in [0.2, 0.25) is 0 Å². The van der Waals surface area contributed by atoms with Gasteiger partial charge < -0.3 is 4.74 Å². The van der Waals surface area contributed by atoms with Crippen LogP contribution < -0.4 is 4.72 Å². The van der Waals surface area contributed by atoms with Crippen LogP contribution in [0.1, 0.15) is 0 Å². The van der Waals surface area contributed by atoms with Gasteiger partial charge in [0, 0.05) is 0 Å². The maximum Gasteiger partial charge on any atom is 0.303 e. The minimum Gasteiger partial charge on any atom is -0.451 e. The molecule has 0 saturated carbocycles. The SMILES string of the molecule is C#CCOC1=NC=NSN1. The fraction of sp³-hybridized carbons (Fsp3) is 0.200. The minimum atomic E-state index is 0.222. The molecule has 1 aliphatic rings. The zero-order valence-electron chi connectivity index (χ0n) is 5.07. The van der Waals surface area contributed by atoms with E-state index in [1.165, 1.54) is 6.34 Å². The summed E-state index contributed by atoms with van der Waals surface area (Å²) in [4.78, 5) is 3.74. The van der Waals surface area contributed by atoms with E-state index >= 15 is 0 Å². The summed E-state index contributed by atoms with van der Waals surface area (Å²) in [5, 5.41) is 0. The highest BCUT2D eigenvalue weighted by Crippen LogP contribution is 1.98. The summed E-state index contributed by atoms with van der Waals surface area (Å²) in [6.45, 7) is 0.222. The molecule has 0 spiro atoms. The Morgan fingerprint density at radius 2 is 2.80 bits per heavy atom. The van der Waals surface area contributed by atoms with Gasteiger partial charge in [0.15, 0.2) is 6.61 Å². The molecule has 0 radical (unpaired) electrons. The molecule has 0 aromatic heterocycles. The van der Waals surface area contributed by atoms with Gasteiger partial charge in [0.25, 0.3) is 0 Å². The van der Waals surface area contributed by atoms with Gasteiger partial charge in [-0.2, -0.15) is 9.39 Å². The number of amidine groups is 1. The van der Waals surface area contributed by atoms with Crippen LogP contribution in [-0.4, -0.2) is 19.0 Å². The van der Waals surface area contributed by atoms with Crippen molar-refractivity contribution in [3.05, 3.63) is 0 Å². The standard InChI is InChI=1S/C5H5N3OS/c1-2-3-9-5-6-4-7-10-8-5/h1,4H,3H2,(H,6,7,8). The second-order valence-electron chi connectivity index (χ2n) is 1.34.